The molecule has 1 aromatic carbocycles. The minimum Gasteiger partial charge on any atom is -0.457 e. The Morgan fingerprint density at radius 3 is 2.75 bits per heavy atom. The number of hydrogen-bond donors (Lipinski definition) is 0. The van der Waals surface area contributed by atoms with Crippen LogP contribution in [-0.2, 0) is 27.2 Å². The number of carbonyl (C=O) groups is 2. The number of fused-ring (bicyclic) bond motifs is 1. The maximum Gasteiger partial charge on any atom is 0.306 e. The van der Waals surface area contributed by atoms with E-state index < -0.39 is 0 Å². The van der Waals surface area contributed by atoms with Gasteiger partial charge in [0.15, 0.2) is 6.61 Å². The molecule has 0 aliphatic carbocycles. The van der Waals surface area contributed by atoms with Crippen molar-refractivity contribution in [2.75, 3.05) is 20.3 Å². The molecule has 0 aliphatic rings. The van der Waals surface area contributed by atoms with Crippen LogP contribution in [0.5, 0.6) is 0 Å². The minimum absolute atomic E-state index is 0.190. The third-order valence-corrected chi connectivity index (χ3v) is 5.73. The fourth-order valence-electron chi connectivity index (χ4n) is 3.14. The van der Waals surface area contributed by atoms with Crippen LogP contribution in [0.1, 0.15) is 33.2 Å². The second-order valence-corrected chi connectivity index (χ2v) is 7.70. The van der Waals surface area contributed by atoms with Gasteiger partial charge >= 0.3 is 5.97 Å². The highest BCUT2D eigenvalue weighted by Gasteiger charge is 2.17. The van der Waals surface area contributed by atoms with Crippen molar-refractivity contribution in [3.05, 3.63) is 52.3 Å². The van der Waals surface area contributed by atoms with E-state index in [0.717, 1.165) is 26.6 Å². The number of Topliss-reactive ketones (excluding diaryl/α,β-unsaturated/α-hetero) is 1. The van der Waals surface area contributed by atoms with Gasteiger partial charge in [0.25, 0.3) is 0 Å². The molecule has 0 aliphatic heterocycles. The van der Waals surface area contributed by atoms with E-state index in [2.05, 4.69) is 4.98 Å². The summed E-state index contributed by atoms with van der Waals surface area (Å²) in [6, 6.07) is 9.71. The second kappa shape index (κ2) is 9.12. The van der Waals surface area contributed by atoms with Crippen LogP contribution in [0.4, 0.5) is 0 Å². The largest absolute Gasteiger partial charge is 0.457 e. The van der Waals surface area contributed by atoms with Gasteiger partial charge in [-0.15, -0.1) is 11.3 Å². The molecule has 7 heteroatoms. The van der Waals surface area contributed by atoms with Crippen molar-refractivity contribution < 1.29 is 19.1 Å². The van der Waals surface area contributed by atoms with Crippen molar-refractivity contribution in [1.29, 1.82) is 0 Å². The van der Waals surface area contributed by atoms with Gasteiger partial charge < -0.3 is 14.0 Å². The van der Waals surface area contributed by atoms with Crippen LogP contribution < -0.4 is 0 Å². The summed E-state index contributed by atoms with van der Waals surface area (Å²) in [5.41, 5.74) is 3.38. The molecule has 2 aromatic heterocycles. The molecule has 0 fully saturated rings. The van der Waals surface area contributed by atoms with Gasteiger partial charge in [-0.3, -0.25) is 9.59 Å². The first-order valence-corrected chi connectivity index (χ1v) is 10.00. The molecule has 2 heterocycles. The zero-order valence-electron chi connectivity index (χ0n) is 16.4. The minimum atomic E-state index is -0.388. The number of aromatic nitrogens is 2. The normalized spacial score (nSPS) is 11.1. The van der Waals surface area contributed by atoms with E-state index in [4.69, 9.17) is 9.47 Å². The predicted molar refractivity (Wildman–Crippen MR) is 109 cm³/mol. The van der Waals surface area contributed by atoms with E-state index >= 15 is 0 Å². The van der Waals surface area contributed by atoms with Crippen LogP contribution in [0, 0.1) is 13.8 Å². The first-order chi connectivity index (χ1) is 13.5. The number of methoxy groups -OCH3 is 1. The molecule has 0 unspecified atom stereocenters. The zero-order chi connectivity index (χ0) is 20.1. The lowest BCUT2D eigenvalue weighted by Gasteiger charge is -2.09. The Labute approximate surface area is 168 Å². The fraction of sp³-hybridized carbons (Fsp3) is 0.381. The highest BCUT2D eigenvalue weighted by atomic mass is 32.1. The highest BCUT2D eigenvalue weighted by Crippen LogP contribution is 2.22. The smallest absolute Gasteiger partial charge is 0.306 e. The quantitative estimate of drug-likeness (QED) is 0.404. The average Bonchev–Trinajstić information content (AvgIpc) is 3.23. The summed E-state index contributed by atoms with van der Waals surface area (Å²) in [5.74, 6) is -0.578. The molecule has 0 saturated heterocycles. The number of thiazole rings is 1. The number of esters is 1. The molecule has 0 atom stereocenters. The molecule has 6 nitrogen and oxygen atoms in total. The van der Waals surface area contributed by atoms with Crippen molar-refractivity contribution in [2.24, 2.45) is 0 Å². The summed E-state index contributed by atoms with van der Waals surface area (Å²) in [7, 11) is 1.65. The Morgan fingerprint density at radius 1 is 1.21 bits per heavy atom. The second-order valence-electron chi connectivity index (χ2n) is 6.59. The number of hydrogen-bond acceptors (Lipinski definition) is 6. The van der Waals surface area contributed by atoms with E-state index in [0.29, 0.717) is 25.1 Å². The van der Waals surface area contributed by atoms with E-state index in [1.54, 1.807) is 18.4 Å². The monoisotopic (exact) mass is 400 g/mol. The first kappa shape index (κ1) is 20.2. The van der Waals surface area contributed by atoms with Crippen LogP contribution in [0.25, 0.3) is 10.2 Å². The Balaban J connectivity index is 1.52. The lowest BCUT2D eigenvalue weighted by atomic mass is 10.1. The molecule has 0 N–H and O–H groups in total. The lowest BCUT2D eigenvalue weighted by Crippen LogP contribution is -2.15. The SMILES string of the molecule is COCCn1c(C)cc(C(=O)COC(=O)CCc2nc3ccccc3s2)c1C. The van der Waals surface area contributed by atoms with Gasteiger partial charge in [0, 0.05) is 37.0 Å². The number of ketones is 1. The van der Waals surface area contributed by atoms with E-state index in [1.165, 1.54) is 0 Å². The van der Waals surface area contributed by atoms with Crippen LogP contribution in [-0.4, -0.2) is 41.6 Å². The Bertz CT molecular complexity index is 957. The Morgan fingerprint density at radius 2 is 2.00 bits per heavy atom. The predicted octanol–water partition coefficient (Wildman–Crippen LogP) is 3.72. The van der Waals surface area contributed by atoms with Crippen LogP contribution in [0.15, 0.2) is 30.3 Å². The van der Waals surface area contributed by atoms with Crippen molar-refractivity contribution in [3.8, 4) is 0 Å². The highest BCUT2D eigenvalue weighted by molar-refractivity contribution is 7.18. The molecule has 0 radical (unpaired) electrons. The van der Waals surface area contributed by atoms with Crippen molar-refractivity contribution in [1.82, 2.24) is 9.55 Å². The van der Waals surface area contributed by atoms with Gasteiger partial charge in [0.1, 0.15) is 0 Å². The molecule has 3 rings (SSSR count). The summed E-state index contributed by atoms with van der Waals surface area (Å²) in [5, 5.41) is 0.895. The maximum atomic E-state index is 12.5. The van der Waals surface area contributed by atoms with Crippen LogP contribution in [0.3, 0.4) is 0 Å². The van der Waals surface area contributed by atoms with E-state index in [9.17, 15) is 9.59 Å². The lowest BCUT2D eigenvalue weighted by molar-refractivity contribution is -0.142. The molecular formula is C21H24N2O4S. The number of aryl methyl sites for hydroxylation is 2. The molecule has 0 bridgehead atoms. The Hall–Kier alpha value is -2.51. The molecule has 0 spiro atoms. The number of rotatable bonds is 9. The standard InChI is InChI=1S/C21H24N2O4S/c1-14-12-16(15(2)23(14)10-11-26-3)18(24)13-27-21(25)9-8-20-22-17-6-4-5-7-19(17)28-20/h4-7,12H,8-11,13H2,1-3H3. The topological polar surface area (TPSA) is 70.4 Å². The first-order valence-electron chi connectivity index (χ1n) is 9.18. The van der Waals surface area contributed by atoms with Gasteiger partial charge in [-0.05, 0) is 32.0 Å². The molecule has 0 amide bonds. The van der Waals surface area contributed by atoms with Gasteiger partial charge in [-0.25, -0.2) is 4.98 Å². The molecule has 3 aromatic rings. The third kappa shape index (κ3) is 4.66. The van der Waals surface area contributed by atoms with Gasteiger partial charge in [0.2, 0.25) is 5.78 Å². The summed E-state index contributed by atoms with van der Waals surface area (Å²) < 4.78 is 13.4. The zero-order valence-corrected chi connectivity index (χ0v) is 17.2. The number of nitrogens with zero attached hydrogens (tertiary/aromatic N) is 2. The van der Waals surface area contributed by atoms with Crippen molar-refractivity contribution in [2.45, 2.75) is 33.2 Å². The van der Waals surface area contributed by atoms with Gasteiger partial charge in [-0.1, -0.05) is 12.1 Å². The van der Waals surface area contributed by atoms with Crippen molar-refractivity contribution >= 4 is 33.3 Å². The summed E-state index contributed by atoms with van der Waals surface area (Å²) in [4.78, 5) is 29.0. The maximum absolute atomic E-state index is 12.5. The number of ether oxygens (including phenoxy) is 2. The fourth-order valence-corrected chi connectivity index (χ4v) is 4.11. The summed E-state index contributed by atoms with van der Waals surface area (Å²) >= 11 is 1.57. The number of carbonyl (C=O) groups excluding carboxylic acids is 2. The number of benzene rings is 1. The van der Waals surface area contributed by atoms with Crippen LogP contribution in [0.2, 0.25) is 0 Å². The van der Waals surface area contributed by atoms with E-state index in [1.807, 2.05) is 48.7 Å². The van der Waals surface area contributed by atoms with E-state index in [-0.39, 0.29) is 24.8 Å². The van der Waals surface area contributed by atoms with Gasteiger partial charge in [-0.2, -0.15) is 0 Å². The van der Waals surface area contributed by atoms with Gasteiger partial charge in [0.05, 0.1) is 28.3 Å². The third-order valence-electron chi connectivity index (χ3n) is 4.64. The molecular weight excluding hydrogens is 376 g/mol. The summed E-state index contributed by atoms with van der Waals surface area (Å²) in [6.07, 6.45) is 0.720. The summed E-state index contributed by atoms with van der Waals surface area (Å²) in [6.45, 7) is 4.86. The molecule has 28 heavy (non-hydrogen) atoms. The van der Waals surface area contributed by atoms with Crippen molar-refractivity contribution in [3.63, 3.8) is 0 Å². The average molecular weight is 401 g/mol. The molecule has 148 valence electrons. The van der Waals surface area contributed by atoms with Crippen LogP contribution >= 0.6 is 11.3 Å². The Kier molecular flexibility index (Phi) is 6.59. The number of para-hydroxylation sites is 1. The molecule has 0 saturated carbocycles.